The predicted molar refractivity (Wildman–Crippen MR) is 60.2 cm³/mol. The summed E-state index contributed by atoms with van der Waals surface area (Å²) in [6.45, 7) is 0. The summed E-state index contributed by atoms with van der Waals surface area (Å²) in [5.41, 5.74) is 0. The van der Waals surface area contributed by atoms with Crippen LogP contribution in [0.15, 0.2) is 0 Å². The second kappa shape index (κ2) is 5.60. The highest BCUT2D eigenvalue weighted by Crippen LogP contribution is 2.29. The Labute approximate surface area is 113 Å². The second-order valence-electron chi connectivity index (χ2n) is 2.84. The number of hydrogen-bond donors (Lipinski definition) is 1. The van der Waals surface area contributed by atoms with Gasteiger partial charge in [0.15, 0.2) is 5.15 Å². The third-order valence-electron chi connectivity index (χ3n) is 1.66. The van der Waals surface area contributed by atoms with E-state index < -0.39 is 24.0 Å². The molecule has 1 rings (SSSR count). The molecule has 0 saturated heterocycles. The van der Waals surface area contributed by atoms with Crippen molar-refractivity contribution in [3.05, 3.63) is 15.1 Å². The van der Waals surface area contributed by atoms with E-state index in [1.165, 1.54) is 0 Å². The summed E-state index contributed by atoms with van der Waals surface area (Å²) in [5, 5.41) is 1.40. The van der Waals surface area contributed by atoms with Crippen LogP contribution in [0.2, 0.25) is 10.2 Å². The summed E-state index contributed by atoms with van der Waals surface area (Å²) in [5.74, 6) is -1.80. The quantitative estimate of drug-likeness (QED) is 0.865. The Hall–Kier alpha value is -0.240. The summed E-state index contributed by atoms with van der Waals surface area (Å²) < 4.78 is 40.5. The van der Waals surface area contributed by atoms with Crippen LogP contribution in [0, 0.1) is 0 Å². The lowest BCUT2D eigenvalue weighted by Gasteiger charge is -2.18. The number of nitrogens with one attached hydrogen (secondary N) is 1. The van der Waals surface area contributed by atoms with Crippen molar-refractivity contribution < 1.29 is 18.0 Å². The molecule has 17 heavy (non-hydrogen) atoms. The topological polar surface area (TPSA) is 42.0 Å². The monoisotopic (exact) mass is 326 g/mol. The molecule has 96 valence electrons. The average molecular weight is 328 g/mol. The lowest BCUT2D eigenvalue weighted by molar-refractivity contribution is -0.148. The molecule has 0 spiro atoms. The van der Waals surface area contributed by atoms with Crippen molar-refractivity contribution in [3.8, 4) is 0 Å². The fraction of sp³-hybridized carbons (Fsp3) is 0.429. The van der Waals surface area contributed by atoms with Crippen molar-refractivity contribution in [1.29, 1.82) is 0 Å². The van der Waals surface area contributed by atoms with Gasteiger partial charge in [-0.05, 0) is 11.5 Å². The third kappa shape index (κ3) is 3.61. The standard InChI is InChI=1S/C7H4Cl3F3N2OS/c8-1-2(7(11,12)13)14-6(16)4-3(9)5(10)15-17-4/h2H,1H2,(H,14,16). The highest BCUT2D eigenvalue weighted by molar-refractivity contribution is 7.09. The Balaban J connectivity index is 2.82. The minimum absolute atomic E-state index is 0.128. The van der Waals surface area contributed by atoms with Crippen molar-refractivity contribution in [2.45, 2.75) is 12.2 Å². The number of rotatable bonds is 3. The Morgan fingerprint density at radius 3 is 2.41 bits per heavy atom. The minimum Gasteiger partial charge on any atom is -0.339 e. The van der Waals surface area contributed by atoms with Gasteiger partial charge >= 0.3 is 6.18 Å². The first kappa shape index (κ1) is 14.8. The van der Waals surface area contributed by atoms with Crippen LogP contribution in [0.4, 0.5) is 13.2 Å². The third-order valence-corrected chi connectivity index (χ3v) is 3.76. The lowest BCUT2D eigenvalue weighted by Crippen LogP contribution is -2.46. The molecule has 0 saturated carbocycles. The molecule has 0 radical (unpaired) electrons. The molecule has 0 aromatic carbocycles. The number of carbonyl (C=O) groups is 1. The normalized spacial score (nSPS) is 13.5. The van der Waals surface area contributed by atoms with Gasteiger partial charge in [-0.25, -0.2) is 0 Å². The number of alkyl halides is 4. The zero-order chi connectivity index (χ0) is 13.2. The molecular formula is C7H4Cl3F3N2OS. The van der Waals surface area contributed by atoms with Crippen LogP contribution in [0.5, 0.6) is 0 Å². The van der Waals surface area contributed by atoms with E-state index in [1.54, 1.807) is 5.32 Å². The molecule has 3 nitrogen and oxygen atoms in total. The van der Waals surface area contributed by atoms with Crippen LogP contribution < -0.4 is 5.32 Å². The number of nitrogens with zero attached hydrogens (tertiary/aromatic N) is 1. The molecule has 1 heterocycles. The minimum atomic E-state index is -4.63. The molecule has 1 unspecified atom stereocenters. The Morgan fingerprint density at radius 1 is 1.47 bits per heavy atom. The molecule has 1 amide bonds. The molecule has 1 atom stereocenters. The van der Waals surface area contributed by atoms with Gasteiger partial charge in [0.1, 0.15) is 15.9 Å². The maximum atomic E-state index is 12.3. The van der Waals surface area contributed by atoms with Gasteiger partial charge in [0.25, 0.3) is 5.91 Å². The van der Waals surface area contributed by atoms with E-state index in [-0.39, 0.29) is 15.1 Å². The van der Waals surface area contributed by atoms with Crippen LogP contribution >= 0.6 is 46.3 Å². The van der Waals surface area contributed by atoms with Gasteiger partial charge < -0.3 is 5.32 Å². The van der Waals surface area contributed by atoms with Crippen LogP contribution in [0.1, 0.15) is 9.67 Å². The zero-order valence-corrected chi connectivity index (χ0v) is 10.9. The molecule has 10 heteroatoms. The average Bonchev–Trinajstić information content (AvgIpc) is 2.54. The molecule has 0 aliphatic carbocycles. The number of carbonyl (C=O) groups excluding carboxylic acids is 1. The highest BCUT2D eigenvalue weighted by atomic mass is 35.5. The molecule has 1 N–H and O–H groups in total. The molecule has 0 aliphatic heterocycles. The zero-order valence-electron chi connectivity index (χ0n) is 7.82. The number of halogens is 6. The number of amides is 1. The Kier molecular flexibility index (Phi) is 4.88. The molecular weight excluding hydrogens is 324 g/mol. The van der Waals surface area contributed by atoms with Gasteiger partial charge in [-0.2, -0.15) is 17.5 Å². The largest absolute Gasteiger partial charge is 0.409 e. The predicted octanol–water partition coefficient (Wildman–Crippen LogP) is 3.35. The van der Waals surface area contributed by atoms with Crippen LogP contribution in [-0.2, 0) is 0 Å². The van der Waals surface area contributed by atoms with E-state index >= 15 is 0 Å². The molecule has 0 bridgehead atoms. The van der Waals surface area contributed by atoms with Gasteiger partial charge in [0.2, 0.25) is 0 Å². The Bertz CT molecular complexity index is 423. The van der Waals surface area contributed by atoms with E-state index in [0.29, 0.717) is 11.5 Å². The van der Waals surface area contributed by atoms with Crippen molar-refractivity contribution in [2.24, 2.45) is 0 Å². The molecule has 1 aromatic rings. The first-order valence-corrected chi connectivity index (χ1v) is 6.08. The van der Waals surface area contributed by atoms with E-state index in [4.69, 9.17) is 34.8 Å². The summed E-state index contributed by atoms with van der Waals surface area (Å²) >= 11 is 16.8. The molecule has 0 fully saturated rings. The van der Waals surface area contributed by atoms with Gasteiger partial charge in [0.05, 0.1) is 5.88 Å². The fourth-order valence-corrected chi connectivity index (χ4v) is 2.20. The molecule has 0 aliphatic rings. The maximum Gasteiger partial charge on any atom is 0.409 e. The van der Waals surface area contributed by atoms with Gasteiger partial charge in [-0.15, -0.1) is 11.6 Å². The Morgan fingerprint density at radius 2 is 2.06 bits per heavy atom. The van der Waals surface area contributed by atoms with Crippen LogP contribution in [0.25, 0.3) is 0 Å². The van der Waals surface area contributed by atoms with Gasteiger partial charge in [-0.3, -0.25) is 4.79 Å². The fourth-order valence-electron chi connectivity index (χ4n) is 0.832. The van der Waals surface area contributed by atoms with Crippen molar-refractivity contribution in [1.82, 2.24) is 9.69 Å². The van der Waals surface area contributed by atoms with E-state index in [9.17, 15) is 18.0 Å². The smallest absolute Gasteiger partial charge is 0.339 e. The van der Waals surface area contributed by atoms with Crippen molar-refractivity contribution >= 4 is 52.2 Å². The molecule has 1 aromatic heterocycles. The van der Waals surface area contributed by atoms with Gasteiger partial charge in [0, 0.05) is 0 Å². The summed E-state index contributed by atoms with van der Waals surface area (Å²) in [6, 6.07) is -2.14. The van der Waals surface area contributed by atoms with E-state index in [1.807, 2.05) is 0 Å². The maximum absolute atomic E-state index is 12.3. The summed E-state index contributed by atoms with van der Waals surface area (Å²) in [4.78, 5) is 11.3. The SMILES string of the molecule is O=C(NC(CCl)C(F)(F)F)c1snc(Cl)c1Cl. The van der Waals surface area contributed by atoms with Gasteiger partial charge in [-0.1, -0.05) is 23.2 Å². The van der Waals surface area contributed by atoms with Crippen molar-refractivity contribution in [3.63, 3.8) is 0 Å². The number of hydrogen-bond acceptors (Lipinski definition) is 3. The highest BCUT2D eigenvalue weighted by Gasteiger charge is 2.40. The second-order valence-corrected chi connectivity index (χ2v) is 4.66. The van der Waals surface area contributed by atoms with Crippen LogP contribution in [0.3, 0.4) is 0 Å². The van der Waals surface area contributed by atoms with Crippen molar-refractivity contribution in [2.75, 3.05) is 5.88 Å². The lowest BCUT2D eigenvalue weighted by atomic mass is 10.3. The summed E-state index contributed by atoms with van der Waals surface area (Å²) in [6.07, 6.45) is -4.63. The van der Waals surface area contributed by atoms with E-state index in [0.717, 1.165) is 0 Å². The number of aromatic nitrogens is 1. The first-order chi connectivity index (χ1) is 7.77. The first-order valence-electron chi connectivity index (χ1n) is 4.01. The van der Waals surface area contributed by atoms with E-state index in [2.05, 4.69) is 4.37 Å². The summed E-state index contributed by atoms with van der Waals surface area (Å²) in [7, 11) is 0. The van der Waals surface area contributed by atoms with Crippen LogP contribution in [-0.4, -0.2) is 28.4 Å².